The van der Waals surface area contributed by atoms with Crippen LogP contribution >= 0.6 is 0 Å². The molecule has 2 heterocycles. The van der Waals surface area contributed by atoms with Gasteiger partial charge in [-0.25, -0.2) is 9.97 Å². The van der Waals surface area contributed by atoms with Crippen LogP contribution in [-0.2, 0) is 0 Å². The summed E-state index contributed by atoms with van der Waals surface area (Å²) in [4.78, 5) is 9.71. The molecule has 0 amide bonds. The Hall–Kier alpha value is -4.50. The maximum atomic E-state index is 4.94. The monoisotopic (exact) mass is 421 g/mol. The van der Waals surface area contributed by atoms with Crippen molar-refractivity contribution >= 4 is 43.5 Å². The fourth-order valence-corrected chi connectivity index (χ4v) is 4.89. The maximum Gasteiger partial charge on any atom is 0.159 e. The Kier molecular flexibility index (Phi) is 3.84. The van der Waals surface area contributed by atoms with Gasteiger partial charge in [-0.3, -0.25) is 0 Å². The first-order valence-corrected chi connectivity index (χ1v) is 11.1. The van der Waals surface area contributed by atoms with Gasteiger partial charge in [0.15, 0.2) is 5.82 Å². The van der Waals surface area contributed by atoms with Crippen LogP contribution in [0.5, 0.6) is 0 Å². The Morgan fingerprint density at radius 2 is 1.30 bits per heavy atom. The Morgan fingerprint density at radius 3 is 2.21 bits per heavy atom. The van der Waals surface area contributed by atoms with Crippen LogP contribution in [0.25, 0.3) is 60.6 Å². The summed E-state index contributed by atoms with van der Waals surface area (Å²) in [6, 6.07) is 38.2. The van der Waals surface area contributed by atoms with Crippen molar-refractivity contribution in [2.24, 2.45) is 0 Å². The molecule has 0 bridgehead atoms. The van der Waals surface area contributed by atoms with Crippen molar-refractivity contribution in [3.8, 4) is 17.1 Å². The van der Waals surface area contributed by atoms with Gasteiger partial charge in [0, 0.05) is 33.6 Å². The molecule has 33 heavy (non-hydrogen) atoms. The number of rotatable bonds is 2. The lowest BCUT2D eigenvalue weighted by molar-refractivity contribution is 1.18. The van der Waals surface area contributed by atoms with Gasteiger partial charge < -0.3 is 4.57 Å². The van der Waals surface area contributed by atoms with Crippen LogP contribution in [-0.4, -0.2) is 14.5 Å². The molecule has 0 fully saturated rings. The first-order chi connectivity index (χ1) is 16.4. The Bertz CT molecular complexity index is 1810. The van der Waals surface area contributed by atoms with E-state index in [1.54, 1.807) is 0 Å². The van der Waals surface area contributed by atoms with E-state index in [2.05, 4.69) is 114 Å². The Labute approximate surface area is 190 Å². The molecule has 0 aliphatic carbocycles. The minimum absolute atomic E-state index is 0.740. The van der Waals surface area contributed by atoms with E-state index in [1.165, 1.54) is 27.1 Å². The van der Waals surface area contributed by atoms with Crippen LogP contribution in [0.3, 0.4) is 0 Å². The minimum atomic E-state index is 0.740. The number of hydrogen-bond acceptors (Lipinski definition) is 2. The topological polar surface area (TPSA) is 30.7 Å². The molecule has 0 saturated carbocycles. The second kappa shape index (κ2) is 7.01. The second-order valence-corrected chi connectivity index (χ2v) is 8.33. The molecule has 0 radical (unpaired) electrons. The third-order valence-electron chi connectivity index (χ3n) is 6.44. The van der Waals surface area contributed by atoms with E-state index in [4.69, 9.17) is 9.97 Å². The molecule has 0 saturated heterocycles. The molecule has 0 spiro atoms. The Balaban J connectivity index is 1.48. The highest BCUT2D eigenvalue weighted by Gasteiger charge is 2.14. The minimum Gasteiger partial charge on any atom is -0.309 e. The lowest BCUT2D eigenvalue weighted by atomic mass is 10.1. The molecular weight excluding hydrogens is 402 g/mol. The zero-order valence-corrected chi connectivity index (χ0v) is 17.8. The molecule has 154 valence electrons. The summed E-state index contributed by atoms with van der Waals surface area (Å²) in [5, 5.41) is 5.94. The van der Waals surface area contributed by atoms with Crippen molar-refractivity contribution in [2.75, 3.05) is 0 Å². The van der Waals surface area contributed by atoms with Gasteiger partial charge in [0.25, 0.3) is 0 Å². The van der Waals surface area contributed by atoms with Gasteiger partial charge in [0.05, 0.1) is 16.6 Å². The molecule has 0 unspecified atom stereocenters. The molecule has 7 aromatic rings. The number of benzene rings is 5. The van der Waals surface area contributed by atoms with Crippen molar-refractivity contribution in [3.05, 3.63) is 115 Å². The summed E-state index contributed by atoms with van der Waals surface area (Å²) in [6.07, 6.45) is 1.96. The van der Waals surface area contributed by atoms with Crippen LogP contribution in [0.15, 0.2) is 115 Å². The summed E-state index contributed by atoms with van der Waals surface area (Å²) in [7, 11) is 0. The molecular formula is C30H19N3. The maximum absolute atomic E-state index is 4.94. The molecule has 0 N–H and O–H groups in total. The van der Waals surface area contributed by atoms with E-state index in [-0.39, 0.29) is 0 Å². The average Bonchev–Trinajstić information content (AvgIpc) is 3.22. The zero-order chi connectivity index (χ0) is 21.8. The van der Waals surface area contributed by atoms with Crippen LogP contribution in [0.2, 0.25) is 0 Å². The second-order valence-electron chi connectivity index (χ2n) is 8.33. The highest BCUT2D eigenvalue weighted by atomic mass is 15.0. The largest absolute Gasteiger partial charge is 0.309 e. The number of hydrogen-bond donors (Lipinski definition) is 0. The van der Waals surface area contributed by atoms with E-state index >= 15 is 0 Å². The van der Waals surface area contributed by atoms with Gasteiger partial charge in [-0.1, -0.05) is 78.9 Å². The molecule has 5 aromatic carbocycles. The third kappa shape index (κ3) is 2.76. The molecule has 3 heteroatoms. The van der Waals surface area contributed by atoms with Gasteiger partial charge in [0.2, 0.25) is 0 Å². The number of nitrogens with zero attached hydrogens (tertiary/aromatic N) is 3. The van der Waals surface area contributed by atoms with E-state index in [1.807, 2.05) is 6.20 Å². The number of fused-ring (bicyclic) bond motifs is 6. The third-order valence-corrected chi connectivity index (χ3v) is 6.44. The first kappa shape index (κ1) is 18.1. The summed E-state index contributed by atoms with van der Waals surface area (Å²) < 4.78 is 2.32. The van der Waals surface area contributed by atoms with E-state index in [0.29, 0.717) is 0 Å². The summed E-state index contributed by atoms with van der Waals surface area (Å²) >= 11 is 0. The van der Waals surface area contributed by atoms with E-state index in [0.717, 1.165) is 33.5 Å². The molecule has 3 nitrogen and oxygen atoms in total. The van der Waals surface area contributed by atoms with Crippen molar-refractivity contribution in [1.82, 2.24) is 14.5 Å². The van der Waals surface area contributed by atoms with Crippen molar-refractivity contribution < 1.29 is 0 Å². The highest BCUT2D eigenvalue weighted by molar-refractivity contribution is 6.10. The molecule has 0 aliphatic heterocycles. The van der Waals surface area contributed by atoms with Crippen molar-refractivity contribution in [2.45, 2.75) is 0 Å². The molecule has 7 rings (SSSR count). The highest BCUT2D eigenvalue weighted by Crippen LogP contribution is 2.34. The van der Waals surface area contributed by atoms with E-state index in [9.17, 15) is 0 Å². The summed E-state index contributed by atoms with van der Waals surface area (Å²) in [5.74, 6) is 0.740. The predicted octanol–water partition coefficient (Wildman–Crippen LogP) is 7.55. The smallest absolute Gasteiger partial charge is 0.159 e. The van der Waals surface area contributed by atoms with Crippen molar-refractivity contribution in [3.63, 3.8) is 0 Å². The molecule has 0 aliphatic rings. The van der Waals surface area contributed by atoms with Gasteiger partial charge in [0.1, 0.15) is 0 Å². The lowest BCUT2D eigenvalue weighted by Crippen LogP contribution is -1.94. The van der Waals surface area contributed by atoms with Crippen LogP contribution in [0.1, 0.15) is 0 Å². The average molecular weight is 422 g/mol. The number of para-hydroxylation sites is 2. The van der Waals surface area contributed by atoms with Gasteiger partial charge in [-0.05, 0) is 41.1 Å². The zero-order valence-electron chi connectivity index (χ0n) is 17.8. The van der Waals surface area contributed by atoms with Crippen LogP contribution in [0.4, 0.5) is 0 Å². The fourth-order valence-electron chi connectivity index (χ4n) is 4.89. The predicted molar refractivity (Wildman–Crippen MR) is 137 cm³/mol. The summed E-state index contributed by atoms with van der Waals surface area (Å²) in [5.41, 5.74) is 5.47. The fraction of sp³-hybridized carbons (Fsp3) is 0. The molecule has 0 atom stereocenters. The number of aromatic nitrogens is 3. The quantitative estimate of drug-likeness (QED) is 0.270. The van der Waals surface area contributed by atoms with Gasteiger partial charge >= 0.3 is 0 Å². The Morgan fingerprint density at radius 1 is 0.545 bits per heavy atom. The van der Waals surface area contributed by atoms with E-state index < -0.39 is 0 Å². The van der Waals surface area contributed by atoms with Crippen LogP contribution in [0, 0.1) is 0 Å². The first-order valence-electron chi connectivity index (χ1n) is 11.1. The standard InChI is InChI=1S/C30H19N3/c1-2-9-22(10-3-1)33-28-13-7-6-12-24(28)25-16-14-21(18-29(25)33)30-31-19-26-23-11-5-4-8-20(23)15-17-27(26)32-30/h1-19H. The molecule has 2 aromatic heterocycles. The lowest BCUT2D eigenvalue weighted by Gasteiger charge is -2.09. The van der Waals surface area contributed by atoms with Gasteiger partial charge in [-0.15, -0.1) is 0 Å². The van der Waals surface area contributed by atoms with Crippen molar-refractivity contribution in [1.29, 1.82) is 0 Å². The SMILES string of the molecule is c1ccc(-n2c3ccccc3c3ccc(-c4ncc5c(ccc6ccccc65)n4)cc32)cc1. The summed E-state index contributed by atoms with van der Waals surface area (Å²) in [6.45, 7) is 0. The van der Waals surface area contributed by atoms with Crippen LogP contribution < -0.4 is 0 Å². The normalized spacial score (nSPS) is 11.6. The van der Waals surface area contributed by atoms with Gasteiger partial charge in [-0.2, -0.15) is 0 Å².